The summed E-state index contributed by atoms with van der Waals surface area (Å²) in [5.74, 6) is 1.63. The van der Waals surface area contributed by atoms with E-state index in [1.807, 2.05) is 0 Å². The fraction of sp³-hybridized carbons (Fsp3) is 0.300. The van der Waals surface area contributed by atoms with Crippen molar-refractivity contribution in [1.82, 2.24) is 0 Å². The van der Waals surface area contributed by atoms with Crippen LogP contribution in [0.25, 0.3) is 0 Å². The summed E-state index contributed by atoms with van der Waals surface area (Å²) in [7, 11) is 0. The average Bonchev–Trinajstić information content (AvgIpc) is 2.74. The zero-order valence-corrected chi connectivity index (χ0v) is 17.8. The second-order valence-electron chi connectivity index (χ2n) is 5.94. The van der Waals surface area contributed by atoms with Crippen LogP contribution in [0.1, 0.15) is 24.0 Å². The van der Waals surface area contributed by atoms with Crippen LogP contribution in [0.2, 0.25) is 0 Å². The fourth-order valence-electron chi connectivity index (χ4n) is 2.77. The molecule has 2 aliphatic heterocycles. The molecule has 0 radical (unpaired) electrons. The summed E-state index contributed by atoms with van der Waals surface area (Å²) in [5, 5.41) is 0. The normalized spacial score (nSPS) is 16.9. The van der Waals surface area contributed by atoms with Crippen molar-refractivity contribution < 1.29 is 9.47 Å². The van der Waals surface area contributed by atoms with Crippen molar-refractivity contribution in [3.05, 3.63) is 59.7 Å². The third-order valence-electron chi connectivity index (χ3n) is 4.05. The molecule has 0 fully saturated rings. The maximum absolute atomic E-state index is 5.80. The van der Waals surface area contributed by atoms with Crippen LogP contribution in [0.3, 0.4) is 0 Å². The molecule has 0 unspecified atom stereocenters. The van der Waals surface area contributed by atoms with Crippen LogP contribution in [0, 0.1) is 0 Å². The van der Waals surface area contributed by atoms with Crippen LogP contribution in [0.15, 0.2) is 58.5 Å². The van der Waals surface area contributed by atoms with E-state index in [1.54, 1.807) is 0 Å². The van der Waals surface area contributed by atoms with E-state index in [4.69, 9.17) is 9.47 Å². The predicted octanol–water partition coefficient (Wildman–Crippen LogP) is 1.29. The molecule has 0 spiro atoms. The van der Waals surface area contributed by atoms with Crippen molar-refractivity contribution in [3.8, 4) is 0 Å². The Balaban J connectivity index is 1.55. The molecule has 0 bridgehead atoms. The number of hydrogen-bond acceptors (Lipinski definition) is 4. The van der Waals surface area contributed by atoms with Crippen LogP contribution in [-0.2, 0) is 9.47 Å². The predicted molar refractivity (Wildman–Crippen MR) is 108 cm³/mol. The van der Waals surface area contributed by atoms with E-state index in [2.05, 4.69) is 58.5 Å². The Kier molecular flexibility index (Phi) is 6.08. The minimum absolute atomic E-state index is 0.345. The van der Waals surface area contributed by atoms with Crippen LogP contribution in [0.4, 0.5) is 0 Å². The van der Waals surface area contributed by atoms with Gasteiger partial charge in [0.1, 0.15) is 0 Å². The van der Waals surface area contributed by atoms with Gasteiger partial charge >= 0.3 is 165 Å². The van der Waals surface area contributed by atoms with E-state index >= 15 is 0 Å². The van der Waals surface area contributed by atoms with Gasteiger partial charge in [-0.1, -0.05) is 0 Å². The van der Waals surface area contributed by atoms with E-state index < -0.39 is 0 Å². The van der Waals surface area contributed by atoms with Crippen molar-refractivity contribution in [3.63, 3.8) is 0 Å². The Hall–Kier alpha value is -1.58. The zero-order chi connectivity index (χ0) is 17.6. The second-order valence-corrected chi connectivity index (χ2v) is 12.1. The number of nitrogens with zero attached hydrogens (tertiary/aromatic N) is 2. The summed E-state index contributed by atoms with van der Waals surface area (Å²) in [6.45, 7) is 3.26. The van der Waals surface area contributed by atoms with Gasteiger partial charge in [0.25, 0.3) is 0 Å². The molecule has 26 heavy (non-hydrogen) atoms. The Morgan fingerprint density at radius 1 is 0.654 bits per heavy atom. The zero-order valence-electron chi connectivity index (χ0n) is 14.4. The summed E-state index contributed by atoms with van der Waals surface area (Å²) < 4.78 is 14.3. The van der Waals surface area contributed by atoms with Gasteiger partial charge in [0.15, 0.2) is 0 Å². The Morgan fingerprint density at radius 3 is 1.54 bits per heavy atom. The molecule has 6 heteroatoms. The molecule has 2 aliphatic rings. The van der Waals surface area contributed by atoms with Crippen molar-refractivity contribution in [2.75, 3.05) is 26.3 Å². The van der Waals surface area contributed by atoms with Crippen molar-refractivity contribution in [2.45, 2.75) is 12.8 Å². The third-order valence-corrected chi connectivity index (χ3v) is 11.3. The monoisotopic (exact) mass is 480 g/mol. The molecule has 134 valence electrons. The van der Waals surface area contributed by atoms with Crippen LogP contribution in [-0.4, -0.2) is 64.4 Å². The van der Waals surface area contributed by atoms with Crippen molar-refractivity contribution in [2.24, 2.45) is 9.98 Å². The topological polar surface area (TPSA) is 43.2 Å². The Labute approximate surface area is 165 Å². The number of hydrogen-bond donors (Lipinski definition) is 0. The van der Waals surface area contributed by atoms with Gasteiger partial charge in [-0.3, -0.25) is 0 Å². The van der Waals surface area contributed by atoms with Gasteiger partial charge in [-0.15, -0.1) is 0 Å². The Bertz CT molecular complexity index is 767. The molecule has 0 atom stereocenters. The molecule has 0 aromatic heterocycles. The molecule has 0 aliphatic carbocycles. The van der Waals surface area contributed by atoms with Gasteiger partial charge in [0.2, 0.25) is 0 Å². The van der Waals surface area contributed by atoms with E-state index in [-0.39, 0.29) is 0 Å². The molecule has 2 aromatic rings. The van der Waals surface area contributed by atoms with E-state index in [0.29, 0.717) is 26.3 Å². The summed E-state index contributed by atoms with van der Waals surface area (Å²) in [6.07, 6.45) is 2.02. The third kappa shape index (κ3) is 4.21. The molecule has 4 nitrogen and oxygen atoms in total. The van der Waals surface area contributed by atoms with Gasteiger partial charge < -0.3 is 0 Å². The van der Waals surface area contributed by atoms with Gasteiger partial charge in [-0.25, -0.2) is 0 Å². The summed E-state index contributed by atoms with van der Waals surface area (Å²) in [6, 6.07) is 17.1. The van der Waals surface area contributed by atoms with Crippen LogP contribution >= 0.6 is 0 Å². The quantitative estimate of drug-likeness (QED) is 0.609. The van der Waals surface area contributed by atoms with Crippen LogP contribution < -0.4 is 8.92 Å². The number of rotatable bonds is 5. The van der Waals surface area contributed by atoms with Crippen molar-refractivity contribution >= 4 is 47.0 Å². The van der Waals surface area contributed by atoms with Gasteiger partial charge in [0.05, 0.1) is 0 Å². The SMILES string of the molecule is c1ccc(C2=NCCCO2)c([Se][Se]c2ccccc2C2=NCCCO2)c1. The molecule has 2 aromatic carbocycles. The van der Waals surface area contributed by atoms with Gasteiger partial charge in [-0.05, 0) is 0 Å². The Morgan fingerprint density at radius 2 is 1.12 bits per heavy atom. The van der Waals surface area contributed by atoms with E-state index in [1.165, 1.54) is 8.92 Å². The molecule has 4 rings (SSSR count). The van der Waals surface area contributed by atoms with Gasteiger partial charge in [-0.2, -0.15) is 0 Å². The number of benzene rings is 2. The molecular weight excluding hydrogens is 458 g/mol. The maximum atomic E-state index is 5.80. The fourth-order valence-corrected chi connectivity index (χ4v) is 9.86. The molecule has 0 amide bonds. The van der Waals surface area contributed by atoms with Gasteiger partial charge in [0, 0.05) is 0 Å². The summed E-state index contributed by atoms with van der Waals surface area (Å²) >= 11 is 0.691. The molecule has 0 saturated heterocycles. The molecular formula is C20H20N2O2Se2. The van der Waals surface area contributed by atoms with E-state index in [9.17, 15) is 0 Å². The first-order valence-electron chi connectivity index (χ1n) is 8.79. The summed E-state index contributed by atoms with van der Waals surface area (Å²) in [5.41, 5.74) is 2.33. The minimum atomic E-state index is 0.345. The average molecular weight is 478 g/mol. The number of ether oxygens (including phenoxy) is 2. The second kappa shape index (κ2) is 8.87. The first-order valence-corrected chi connectivity index (χ1v) is 14.8. The first-order chi connectivity index (χ1) is 12.9. The first kappa shape index (κ1) is 17.8. The molecule has 0 N–H and O–H groups in total. The van der Waals surface area contributed by atoms with Crippen LogP contribution in [0.5, 0.6) is 0 Å². The number of aliphatic imine (C=N–C) groups is 2. The standard InChI is InChI=1S/C20H20N2O2Se2/c1-3-9-17(15(7-1)19-21-11-5-13-23-19)25-26-18-10-4-2-8-16(18)20-22-12-6-14-24-20/h1-4,7-10H,5-6,11-14H2. The molecule has 0 saturated carbocycles. The van der Waals surface area contributed by atoms with Crippen molar-refractivity contribution in [1.29, 1.82) is 0 Å². The van der Waals surface area contributed by atoms with E-state index in [0.717, 1.165) is 62.1 Å². The molecule has 2 heterocycles. The summed E-state index contributed by atoms with van der Waals surface area (Å²) in [4.78, 5) is 9.16.